The van der Waals surface area contributed by atoms with Gasteiger partial charge in [0.15, 0.2) is 5.65 Å². The van der Waals surface area contributed by atoms with Crippen LogP contribution < -0.4 is 16.3 Å². The fourth-order valence-corrected chi connectivity index (χ4v) is 3.08. The number of hydrogen-bond donors (Lipinski definition) is 2. The van der Waals surface area contributed by atoms with Gasteiger partial charge in [-0.25, -0.2) is 9.78 Å². The van der Waals surface area contributed by atoms with Crippen LogP contribution in [0.15, 0.2) is 41.2 Å². The molecule has 0 radical (unpaired) electrons. The SMILES string of the molecule is Cn1c(=O)n(C)c2nc(NC(=O)CCC(=O)NCCc3ccc(Cl)cc3)ccc21. The molecule has 152 valence electrons. The van der Waals surface area contributed by atoms with Gasteiger partial charge in [0.2, 0.25) is 11.8 Å². The molecule has 0 atom stereocenters. The first-order valence-electron chi connectivity index (χ1n) is 9.18. The molecule has 0 fully saturated rings. The second-order valence-corrected chi connectivity index (χ2v) is 7.15. The van der Waals surface area contributed by atoms with Gasteiger partial charge in [-0.15, -0.1) is 0 Å². The van der Waals surface area contributed by atoms with E-state index in [0.29, 0.717) is 35.0 Å². The average molecular weight is 416 g/mol. The summed E-state index contributed by atoms with van der Waals surface area (Å²) in [6.07, 6.45) is 0.813. The molecule has 9 heteroatoms. The summed E-state index contributed by atoms with van der Waals surface area (Å²) in [5.74, 6) is -0.166. The van der Waals surface area contributed by atoms with E-state index in [2.05, 4.69) is 15.6 Å². The lowest BCUT2D eigenvalue weighted by Crippen LogP contribution is -2.26. The van der Waals surface area contributed by atoms with Crippen molar-refractivity contribution in [2.45, 2.75) is 19.3 Å². The number of rotatable bonds is 7. The quantitative estimate of drug-likeness (QED) is 0.616. The first-order valence-corrected chi connectivity index (χ1v) is 9.56. The van der Waals surface area contributed by atoms with Gasteiger partial charge in [0.25, 0.3) is 0 Å². The van der Waals surface area contributed by atoms with Gasteiger partial charge < -0.3 is 10.6 Å². The second-order valence-electron chi connectivity index (χ2n) is 6.71. The van der Waals surface area contributed by atoms with Crippen LogP contribution >= 0.6 is 11.6 Å². The van der Waals surface area contributed by atoms with Gasteiger partial charge in [-0.2, -0.15) is 0 Å². The Bertz CT molecular complexity index is 1100. The van der Waals surface area contributed by atoms with Crippen molar-refractivity contribution in [3.63, 3.8) is 0 Å². The molecule has 0 unspecified atom stereocenters. The third-order valence-corrected chi connectivity index (χ3v) is 4.86. The van der Waals surface area contributed by atoms with Gasteiger partial charge >= 0.3 is 5.69 Å². The first-order chi connectivity index (χ1) is 13.8. The van der Waals surface area contributed by atoms with Crippen LogP contribution in [0.25, 0.3) is 11.2 Å². The first kappa shape index (κ1) is 20.6. The number of nitrogens with one attached hydrogen (secondary N) is 2. The van der Waals surface area contributed by atoms with Crippen LogP contribution in [0.3, 0.4) is 0 Å². The monoisotopic (exact) mass is 415 g/mol. The predicted molar refractivity (Wildman–Crippen MR) is 112 cm³/mol. The molecule has 0 bridgehead atoms. The van der Waals surface area contributed by atoms with E-state index >= 15 is 0 Å². The van der Waals surface area contributed by atoms with Gasteiger partial charge in [0, 0.05) is 38.5 Å². The lowest BCUT2D eigenvalue weighted by molar-refractivity contribution is -0.124. The van der Waals surface area contributed by atoms with Crippen molar-refractivity contribution in [2.24, 2.45) is 14.1 Å². The maximum Gasteiger partial charge on any atom is 0.329 e. The Morgan fingerprint density at radius 2 is 1.69 bits per heavy atom. The van der Waals surface area contributed by atoms with Gasteiger partial charge in [-0.1, -0.05) is 23.7 Å². The third kappa shape index (κ3) is 5.03. The Labute approximate surface area is 172 Å². The molecule has 0 aliphatic carbocycles. The number of nitrogens with zero attached hydrogens (tertiary/aromatic N) is 3. The average Bonchev–Trinajstić information content (AvgIpc) is 2.92. The summed E-state index contributed by atoms with van der Waals surface area (Å²) in [5, 5.41) is 6.14. The lowest BCUT2D eigenvalue weighted by atomic mass is 10.1. The maximum atomic E-state index is 12.1. The highest BCUT2D eigenvalue weighted by atomic mass is 35.5. The minimum atomic E-state index is -0.314. The van der Waals surface area contributed by atoms with E-state index in [-0.39, 0.29) is 30.3 Å². The lowest BCUT2D eigenvalue weighted by Gasteiger charge is -2.07. The Hall–Kier alpha value is -3.13. The molecule has 2 amide bonds. The van der Waals surface area contributed by atoms with Crippen molar-refractivity contribution in [3.8, 4) is 0 Å². The molecule has 29 heavy (non-hydrogen) atoms. The topological polar surface area (TPSA) is 98.0 Å². The van der Waals surface area contributed by atoms with Crippen LogP contribution in [-0.2, 0) is 30.1 Å². The Balaban J connectivity index is 1.46. The van der Waals surface area contributed by atoms with E-state index in [1.807, 2.05) is 24.3 Å². The molecule has 3 aromatic rings. The van der Waals surface area contributed by atoms with Crippen molar-refractivity contribution in [2.75, 3.05) is 11.9 Å². The molecule has 2 heterocycles. The predicted octanol–water partition coefficient (Wildman–Crippen LogP) is 2.00. The molecule has 0 saturated heterocycles. The summed E-state index contributed by atoms with van der Waals surface area (Å²) in [4.78, 5) is 40.3. The van der Waals surface area contributed by atoms with Crippen LogP contribution in [0.4, 0.5) is 5.82 Å². The van der Waals surface area contributed by atoms with Gasteiger partial charge in [0.05, 0.1) is 5.52 Å². The molecule has 2 N–H and O–H groups in total. The normalized spacial score (nSPS) is 10.9. The highest BCUT2D eigenvalue weighted by Gasteiger charge is 2.12. The maximum absolute atomic E-state index is 12.1. The Kier molecular flexibility index (Phi) is 6.33. The summed E-state index contributed by atoms with van der Waals surface area (Å²) in [6.45, 7) is 0.488. The number of fused-ring (bicyclic) bond motifs is 1. The molecule has 8 nitrogen and oxygen atoms in total. The van der Waals surface area contributed by atoms with Crippen molar-refractivity contribution < 1.29 is 9.59 Å². The van der Waals surface area contributed by atoms with Crippen molar-refractivity contribution in [1.82, 2.24) is 19.4 Å². The summed E-state index contributed by atoms with van der Waals surface area (Å²) in [6, 6.07) is 10.8. The van der Waals surface area contributed by atoms with E-state index in [9.17, 15) is 14.4 Å². The Morgan fingerprint density at radius 1 is 1.00 bits per heavy atom. The van der Waals surface area contributed by atoms with E-state index in [1.54, 1.807) is 26.2 Å². The zero-order chi connectivity index (χ0) is 21.0. The molecule has 3 rings (SSSR count). The number of anilines is 1. The number of aromatic nitrogens is 3. The number of carbonyl (C=O) groups is 2. The molecular formula is C20H22ClN5O3. The number of imidazole rings is 1. The standard InChI is InChI=1S/C20H22ClN5O3/c1-25-15-7-8-16(24-19(15)26(2)20(25)29)23-18(28)10-9-17(27)22-12-11-13-3-5-14(21)6-4-13/h3-8H,9-12H2,1-2H3,(H,22,27)(H,23,24,28). The van der Waals surface area contributed by atoms with Crippen LogP contribution in [0.2, 0.25) is 5.02 Å². The third-order valence-electron chi connectivity index (χ3n) is 4.60. The molecule has 0 aliphatic heterocycles. The van der Waals surface area contributed by atoms with Gasteiger partial charge in [0.1, 0.15) is 5.82 Å². The number of pyridine rings is 1. The van der Waals surface area contributed by atoms with Crippen LogP contribution in [-0.4, -0.2) is 32.5 Å². The minimum absolute atomic E-state index is 0.0419. The van der Waals surface area contributed by atoms with Gasteiger partial charge in [-0.3, -0.25) is 18.7 Å². The van der Waals surface area contributed by atoms with Crippen LogP contribution in [0, 0.1) is 0 Å². The molecule has 2 aromatic heterocycles. The fourth-order valence-electron chi connectivity index (χ4n) is 2.96. The zero-order valence-corrected chi connectivity index (χ0v) is 17.0. The van der Waals surface area contributed by atoms with Crippen molar-refractivity contribution in [3.05, 3.63) is 57.5 Å². The number of halogens is 1. The van der Waals surface area contributed by atoms with E-state index in [0.717, 1.165) is 5.56 Å². The number of aryl methyl sites for hydroxylation is 2. The van der Waals surface area contributed by atoms with Crippen LogP contribution in [0.1, 0.15) is 18.4 Å². The summed E-state index contributed by atoms with van der Waals surface area (Å²) >= 11 is 5.84. The highest BCUT2D eigenvalue weighted by Crippen LogP contribution is 2.13. The Morgan fingerprint density at radius 3 is 2.41 bits per heavy atom. The van der Waals surface area contributed by atoms with Gasteiger partial charge in [-0.05, 0) is 36.2 Å². The molecule has 0 saturated carbocycles. The molecular weight excluding hydrogens is 394 g/mol. The van der Waals surface area contributed by atoms with E-state index in [1.165, 1.54) is 9.13 Å². The zero-order valence-electron chi connectivity index (χ0n) is 16.2. The molecule has 0 spiro atoms. The summed E-state index contributed by atoms with van der Waals surface area (Å²) in [7, 11) is 3.29. The minimum Gasteiger partial charge on any atom is -0.356 e. The van der Waals surface area contributed by atoms with Crippen molar-refractivity contribution >= 4 is 40.4 Å². The summed E-state index contributed by atoms with van der Waals surface area (Å²) < 4.78 is 2.90. The second kappa shape index (κ2) is 8.91. The highest BCUT2D eigenvalue weighted by molar-refractivity contribution is 6.30. The van der Waals surface area contributed by atoms with Crippen LogP contribution in [0.5, 0.6) is 0 Å². The van der Waals surface area contributed by atoms with E-state index in [4.69, 9.17) is 11.6 Å². The number of hydrogen-bond acceptors (Lipinski definition) is 4. The fraction of sp³-hybridized carbons (Fsp3) is 0.300. The van der Waals surface area contributed by atoms with E-state index < -0.39 is 0 Å². The number of carbonyl (C=O) groups excluding carboxylic acids is 2. The number of benzene rings is 1. The molecule has 1 aromatic carbocycles. The largest absolute Gasteiger partial charge is 0.356 e. The van der Waals surface area contributed by atoms with Crippen molar-refractivity contribution in [1.29, 1.82) is 0 Å². The smallest absolute Gasteiger partial charge is 0.329 e. The summed E-state index contributed by atoms with van der Waals surface area (Å²) in [5.41, 5.74) is 2.04. The molecule has 0 aliphatic rings. The number of amides is 2.